The molecule has 0 radical (unpaired) electrons. The van der Waals surface area contributed by atoms with E-state index in [-0.39, 0.29) is 0 Å². The summed E-state index contributed by atoms with van der Waals surface area (Å²) in [6.07, 6.45) is 13.2. The van der Waals surface area contributed by atoms with E-state index in [9.17, 15) is 10.2 Å². The fourth-order valence-corrected chi connectivity index (χ4v) is 8.92. The SMILES string of the molecule is CC1C=C2C[C@@](C)(O)CC[C@]2(C)[C@H]2CC[C@]3(C)[C@@H]([C@H](C)CCC(C)(C)O)CC[C@H]3[C@H]12. The summed E-state index contributed by atoms with van der Waals surface area (Å²) in [6, 6.07) is 0. The molecule has 2 N–H and O–H groups in total. The third kappa shape index (κ3) is 3.72. The van der Waals surface area contributed by atoms with Crippen molar-refractivity contribution >= 4 is 0 Å². The third-order valence-electron chi connectivity index (χ3n) is 10.7. The van der Waals surface area contributed by atoms with E-state index < -0.39 is 11.2 Å². The predicted octanol–water partition coefficient (Wildman–Crippen LogP) is 6.75. The van der Waals surface area contributed by atoms with E-state index in [1.54, 1.807) is 5.57 Å². The zero-order chi connectivity index (χ0) is 22.1. The van der Waals surface area contributed by atoms with Crippen molar-refractivity contribution in [3.8, 4) is 0 Å². The van der Waals surface area contributed by atoms with Crippen molar-refractivity contribution in [2.45, 2.75) is 117 Å². The van der Waals surface area contributed by atoms with E-state index in [4.69, 9.17) is 0 Å². The fraction of sp³-hybridized carbons (Fsp3) is 0.929. The molecular formula is C28H48O2. The molecule has 0 aliphatic heterocycles. The Balaban J connectivity index is 1.57. The standard InChI is InChI=1S/C28H48O2/c1-18(10-12-25(3,4)29)21-8-9-22-24-19(2)16-20-17-26(5,30)14-15-27(20,6)23(24)11-13-28(21,22)7/h16,18-19,21-24,29-30H,8-15,17H2,1-7H3/t18-,19?,21-,22+,23+,24+,26+,27+,28-/m1/s1. The van der Waals surface area contributed by atoms with Gasteiger partial charge in [0.05, 0.1) is 11.2 Å². The molecule has 0 heterocycles. The molecule has 2 heteroatoms. The van der Waals surface area contributed by atoms with Crippen molar-refractivity contribution in [2.24, 2.45) is 46.3 Å². The lowest BCUT2D eigenvalue weighted by atomic mass is 9.44. The first-order chi connectivity index (χ1) is 13.8. The van der Waals surface area contributed by atoms with Crippen LogP contribution < -0.4 is 0 Å². The van der Waals surface area contributed by atoms with E-state index in [1.165, 1.54) is 25.7 Å². The van der Waals surface area contributed by atoms with Gasteiger partial charge in [0.1, 0.15) is 0 Å². The highest BCUT2D eigenvalue weighted by molar-refractivity contribution is 5.28. The summed E-state index contributed by atoms with van der Waals surface area (Å²) in [5.41, 5.74) is 1.31. The van der Waals surface area contributed by atoms with Gasteiger partial charge in [-0.15, -0.1) is 0 Å². The molecule has 0 saturated heterocycles. The maximum Gasteiger partial charge on any atom is 0.0657 e. The highest BCUT2D eigenvalue weighted by atomic mass is 16.3. The normalized spacial score (nSPS) is 49.6. The van der Waals surface area contributed by atoms with Crippen LogP contribution in [-0.2, 0) is 0 Å². The number of aliphatic hydroxyl groups is 2. The Bertz CT molecular complexity index is 685. The van der Waals surface area contributed by atoms with Gasteiger partial charge in [-0.05, 0) is 125 Å². The molecule has 0 aromatic rings. The molecule has 4 aliphatic carbocycles. The quantitative estimate of drug-likeness (QED) is 0.498. The van der Waals surface area contributed by atoms with Gasteiger partial charge in [-0.2, -0.15) is 0 Å². The molecule has 9 atom stereocenters. The first kappa shape index (κ1) is 22.8. The molecule has 172 valence electrons. The van der Waals surface area contributed by atoms with Crippen LogP contribution >= 0.6 is 0 Å². The van der Waals surface area contributed by atoms with E-state index >= 15 is 0 Å². The summed E-state index contributed by atoms with van der Waals surface area (Å²) < 4.78 is 0. The molecule has 4 aliphatic rings. The summed E-state index contributed by atoms with van der Waals surface area (Å²) >= 11 is 0. The Morgan fingerprint density at radius 3 is 2.43 bits per heavy atom. The summed E-state index contributed by atoms with van der Waals surface area (Å²) in [7, 11) is 0. The van der Waals surface area contributed by atoms with Crippen LogP contribution in [0.15, 0.2) is 11.6 Å². The molecule has 0 aromatic carbocycles. The van der Waals surface area contributed by atoms with Crippen LogP contribution in [-0.4, -0.2) is 21.4 Å². The average molecular weight is 417 g/mol. The lowest BCUT2D eigenvalue weighted by molar-refractivity contribution is -0.0846. The van der Waals surface area contributed by atoms with Gasteiger partial charge in [0.2, 0.25) is 0 Å². The minimum atomic E-state index is -0.541. The first-order valence-corrected chi connectivity index (χ1v) is 12.9. The van der Waals surface area contributed by atoms with Crippen LogP contribution in [0.25, 0.3) is 0 Å². The highest BCUT2D eigenvalue weighted by Gasteiger charge is 2.61. The second kappa shape index (κ2) is 7.34. The van der Waals surface area contributed by atoms with Crippen LogP contribution in [0, 0.1) is 46.3 Å². The average Bonchev–Trinajstić information content (AvgIpc) is 2.97. The van der Waals surface area contributed by atoms with E-state index in [0.29, 0.717) is 22.7 Å². The molecule has 0 aromatic heterocycles. The smallest absolute Gasteiger partial charge is 0.0657 e. The fourth-order valence-electron chi connectivity index (χ4n) is 8.92. The molecular weight excluding hydrogens is 368 g/mol. The number of hydrogen-bond acceptors (Lipinski definition) is 2. The topological polar surface area (TPSA) is 40.5 Å². The van der Waals surface area contributed by atoms with E-state index in [2.05, 4.69) is 33.8 Å². The van der Waals surface area contributed by atoms with Gasteiger partial charge in [-0.3, -0.25) is 0 Å². The lowest BCUT2D eigenvalue weighted by Gasteiger charge is -2.60. The maximum absolute atomic E-state index is 10.7. The Hall–Kier alpha value is -0.340. The van der Waals surface area contributed by atoms with Crippen LogP contribution in [0.5, 0.6) is 0 Å². The lowest BCUT2D eigenvalue weighted by Crippen LogP contribution is -2.54. The summed E-state index contributed by atoms with van der Waals surface area (Å²) in [5.74, 6) is 4.61. The Labute approximate surface area is 185 Å². The van der Waals surface area contributed by atoms with Crippen LogP contribution in [0.3, 0.4) is 0 Å². The molecule has 1 unspecified atom stereocenters. The molecule has 3 saturated carbocycles. The van der Waals surface area contributed by atoms with Crippen LogP contribution in [0.4, 0.5) is 0 Å². The van der Waals surface area contributed by atoms with Crippen LogP contribution in [0.2, 0.25) is 0 Å². The largest absolute Gasteiger partial charge is 0.390 e. The molecule has 3 fully saturated rings. The second-order valence-electron chi connectivity index (χ2n) is 13.5. The van der Waals surface area contributed by atoms with E-state index in [0.717, 1.165) is 55.8 Å². The molecule has 0 bridgehead atoms. The van der Waals surface area contributed by atoms with Gasteiger partial charge >= 0.3 is 0 Å². The summed E-state index contributed by atoms with van der Waals surface area (Å²) in [4.78, 5) is 0. The van der Waals surface area contributed by atoms with Gasteiger partial charge in [0.25, 0.3) is 0 Å². The second-order valence-corrected chi connectivity index (χ2v) is 13.5. The highest BCUT2D eigenvalue weighted by Crippen LogP contribution is 2.68. The molecule has 30 heavy (non-hydrogen) atoms. The van der Waals surface area contributed by atoms with Crippen molar-refractivity contribution in [1.82, 2.24) is 0 Å². The minimum Gasteiger partial charge on any atom is -0.390 e. The Morgan fingerprint density at radius 2 is 1.77 bits per heavy atom. The number of rotatable bonds is 4. The third-order valence-corrected chi connectivity index (χ3v) is 10.7. The zero-order valence-corrected chi connectivity index (χ0v) is 20.8. The molecule has 4 rings (SSSR count). The summed E-state index contributed by atoms with van der Waals surface area (Å²) in [5, 5.41) is 21.0. The van der Waals surface area contributed by atoms with Crippen molar-refractivity contribution in [3.63, 3.8) is 0 Å². The first-order valence-electron chi connectivity index (χ1n) is 12.9. The zero-order valence-electron chi connectivity index (χ0n) is 20.8. The minimum absolute atomic E-state index is 0.311. The Morgan fingerprint density at radius 1 is 1.07 bits per heavy atom. The van der Waals surface area contributed by atoms with Gasteiger partial charge in [-0.1, -0.05) is 39.3 Å². The van der Waals surface area contributed by atoms with E-state index in [1.807, 2.05) is 20.8 Å². The van der Waals surface area contributed by atoms with Gasteiger partial charge in [0.15, 0.2) is 0 Å². The molecule has 0 spiro atoms. The number of allylic oxidation sites excluding steroid dienone is 1. The van der Waals surface area contributed by atoms with Crippen molar-refractivity contribution in [1.29, 1.82) is 0 Å². The monoisotopic (exact) mass is 416 g/mol. The number of fused-ring (bicyclic) bond motifs is 5. The van der Waals surface area contributed by atoms with Gasteiger partial charge in [-0.25, -0.2) is 0 Å². The maximum atomic E-state index is 10.7. The van der Waals surface area contributed by atoms with Gasteiger partial charge in [0, 0.05) is 0 Å². The Kier molecular flexibility index (Phi) is 5.59. The predicted molar refractivity (Wildman–Crippen MR) is 125 cm³/mol. The van der Waals surface area contributed by atoms with Gasteiger partial charge < -0.3 is 10.2 Å². The molecule has 0 amide bonds. The number of hydrogen-bond donors (Lipinski definition) is 2. The summed E-state index contributed by atoms with van der Waals surface area (Å²) in [6.45, 7) is 16.1. The van der Waals surface area contributed by atoms with Crippen molar-refractivity contribution in [2.75, 3.05) is 0 Å². The molecule has 2 nitrogen and oxygen atoms in total. The van der Waals surface area contributed by atoms with Crippen molar-refractivity contribution in [3.05, 3.63) is 11.6 Å². The van der Waals surface area contributed by atoms with Crippen LogP contribution in [0.1, 0.15) is 106 Å². The van der Waals surface area contributed by atoms with Crippen molar-refractivity contribution < 1.29 is 10.2 Å².